The molecule has 3 aromatic rings. The predicted octanol–water partition coefficient (Wildman–Crippen LogP) is 4.60. The molecule has 0 aliphatic rings. The number of para-hydroxylation sites is 2. The van der Waals surface area contributed by atoms with E-state index in [1.165, 1.54) is 5.69 Å². The first-order chi connectivity index (χ1) is 13.7. The highest BCUT2D eigenvalue weighted by molar-refractivity contribution is 5.64. The van der Waals surface area contributed by atoms with Gasteiger partial charge >= 0.3 is 0 Å². The molecule has 1 aromatic heterocycles. The Labute approximate surface area is 165 Å². The van der Waals surface area contributed by atoms with Crippen LogP contribution in [0, 0.1) is 0 Å². The van der Waals surface area contributed by atoms with Gasteiger partial charge in [-0.3, -0.25) is 0 Å². The Morgan fingerprint density at radius 3 is 2.39 bits per heavy atom. The minimum Gasteiger partial charge on any atom is -0.492 e. The second-order valence-corrected chi connectivity index (χ2v) is 6.06. The Balaban J connectivity index is 1.72. The molecule has 0 unspecified atom stereocenters. The molecule has 2 aromatic carbocycles. The molecular weight excluding hydrogens is 352 g/mol. The summed E-state index contributed by atoms with van der Waals surface area (Å²) < 4.78 is 5.63. The van der Waals surface area contributed by atoms with E-state index in [1.807, 2.05) is 43.3 Å². The normalized spacial score (nSPS) is 10.4. The van der Waals surface area contributed by atoms with Gasteiger partial charge in [0.25, 0.3) is 0 Å². The minimum atomic E-state index is 0.400. The number of anilines is 5. The molecule has 7 heteroatoms. The summed E-state index contributed by atoms with van der Waals surface area (Å²) in [6, 6.07) is 15.9. The Morgan fingerprint density at radius 2 is 1.68 bits per heavy atom. The van der Waals surface area contributed by atoms with Crippen LogP contribution >= 0.6 is 0 Å². The van der Waals surface area contributed by atoms with Crippen molar-refractivity contribution in [2.45, 2.75) is 20.8 Å². The van der Waals surface area contributed by atoms with Crippen LogP contribution in [0.25, 0.3) is 0 Å². The third-order valence-electron chi connectivity index (χ3n) is 4.26. The first-order valence-corrected chi connectivity index (χ1v) is 9.54. The Kier molecular flexibility index (Phi) is 6.62. The van der Waals surface area contributed by atoms with Crippen LogP contribution in [0.1, 0.15) is 20.8 Å². The van der Waals surface area contributed by atoms with Gasteiger partial charge in [0, 0.05) is 24.5 Å². The molecule has 0 bridgehead atoms. The number of nitrogens with zero attached hydrogens (tertiary/aromatic N) is 4. The van der Waals surface area contributed by atoms with Crippen LogP contribution in [0.2, 0.25) is 0 Å². The van der Waals surface area contributed by atoms with Crippen molar-refractivity contribution in [1.29, 1.82) is 0 Å². The van der Waals surface area contributed by atoms with Crippen LogP contribution in [0.3, 0.4) is 0 Å². The highest BCUT2D eigenvalue weighted by atomic mass is 16.5. The molecule has 28 heavy (non-hydrogen) atoms. The number of aromatic nitrogens is 3. The topological polar surface area (TPSA) is 75.2 Å². The van der Waals surface area contributed by atoms with Gasteiger partial charge in [-0.15, -0.1) is 5.10 Å². The second kappa shape index (κ2) is 9.55. The zero-order valence-corrected chi connectivity index (χ0v) is 16.5. The number of rotatable bonds is 9. The molecule has 2 N–H and O–H groups in total. The van der Waals surface area contributed by atoms with Crippen LogP contribution in [-0.2, 0) is 0 Å². The molecule has 0 amide bonds. The summed E-state index contributed by atoms with van der Waals surface area (Å²) in [4.78, 5) is 6.79. The van der Waals surface area contributed by atoms with Crippen LogP contribution in [0.5, 0.6) is 5.75 Å². The summed E-state index contributed by atoms with van der Waals surface area (Å²) in [5.41, 5.74) is 2.94. The van der Waals surface area contributed by atoms with Crippen LogP contribution in [0.15, 0.2) is 54.7 Å². The standard InChI is InChI=1S/C21H26N6O/c1-4-27(5-2)17-13-11-16(12-14-17)23-20-15-22-26-21(25-20)24-18-9-7-8-10-19(18)28-6-3/h7-15H,4-6H2,1-3H3,(H2,23,24,25,26). The number of hydrogen-bond acceptors (Lipinski definition) is 7. The lowest BCUT2D eigenvalue weighted by Gasteiger charge is -2.21. The van der Waals surface area contributed by atoms with E-state index in [9.17, 15) is 0 Å². The van der Waals surface area contributed by atoms with Gasteiger partial charge in [-0.05, 0) is 57.2 Å². The molecule has 1 heterocycles. The van der Waals surface area contributed by atoms with Crippen molar-refractivity contribution in [2.75, 3.05) is 35.2 Å². The SMILES string of the molecule is CCOc1ccccc1Nc1nncc(Nc2ccc(N(CC)CC)cc2)n1. The maximum absolute atomic E-state index is 5.63. The maximum Gasteiger partial charge on any atom is 0.249 e. The fourth-order valence-corrected chi connectivity index (χ4v) is 2.88. The van der Waals surface area contributed by atoms with Crippen LogP contribution < -0.4 is 20.3 Å². The number of ether oxygens (including phenoxy) is 1. The van der Waals surface area contributed by atoms with E-state index < -0.39 is 0 Å². The van der Waals surface area contributed by atoms with Gasteiger partial charge in [0.2, 0.25) is 5.95 Å². The van der Waals surface area contributed by atoms with Crippen molar-refractivity contribution in [2.24, 2.45) is 0 Å². The second-order valence-electron chi connectivity index (χ2n) is 6.06. The number of nitrogens with one attached hydrogen (secondary N) is 2. The van der Waals surface area contributed by atoms with Crippen LogP contribution in [0.4, 0.5) is 28.8 Å². The van der Waals surface area contributed by atoms with Crippen molar-refractivity contribution in [1.82, 2.24) is 15.2 Å². The van der Waals surface area contributed by atoms with Gasteiger partial charge in [-0.25, -0.2) is 0 Å². The molecule has 0 saturated carbocycles. The zero-order chi connectivity index (χ0) is 19.8. The lowest BCUT2D eigenvalue weighted by atomic mass is 10.2. The molecular formula is C21H26N6O. The Morgan fingerprint density at radius 1 is 0.929 bits per heavy atom. The average Bonchev–Trinajstić information content (AvgIpc) is 2.72. The summed E-state index contributed by atoms with van der Waals surface area (Å²) in [5, 5.41) is 14.5. The average molecular weight is 378 g/mol. The molecule has 7 nitrogen and oxygen atoms in total. The third-order valence-corrected chi connectivity index (χ3v) is 4.26. The highest BCUT2D eigenvalue weighted by Gasteiger charge is 2.07. The van der Waals surface area contributed by atoms with Crippen molar-refractivity contribution in [3.8, 4) is 5.75 Å². The first-order valence-electron chi connectivity index (χ1n) is 9.54. The van der Waals surface area contributed by atoms with Crippen molar-refractivity contribution < 1.29 is 4.74 Å². The highest BCUT2D eigenvalue weighted by Crippen LogP contribution is 2.26. The molecule has 0 saturated heterocycles. The number of benzene rings is 2. The molecule has 3 rings (SSSR count). The lowest BCUT2D eigenvalue weighted by Crippen LogP contribution is -2.21. The third kappa shape index (κ3) is 4.88. The predicted molar refractivity (Wildman–Crippen MR) is 114 cm³/mol. The van der Waals surface area contributed by atoms with Gasteiger partial charge in [-0.1, -0.05) is 12.1 Å². The largest absolute Gasteiger partial charge is 0.492 e. The van der Waals surface area contributed by atoms with E-state index in [0.29, 0.717) is 18.4 Å². The molecule has 0 aliphatic heterocycles. The smallest absolute Gasteiger partial charge is 0.249 e. The fourth-order valence-electron chi connectivity index (χ4n) is 2.88. The van der Waals surface area contributed by atoms with E-state index in [2.05, 4.69) is 56.7 Å². The van der Waals surface area contributed by atoms with Crippen molar-refractivity contribution in [3.05, 3.63) is 54.7 Å². The number of hydrogen-bond donors (Lipinski definition) is 2. The van der Waals surface area contributed by atoms with E-state index in [-0.39, 0.29) is 0 Å². The monoisotopic (exact) mass is 378 g/mol. The lowest BCUT2D eigenvalue weighted by molar-refractivity contribution is 0.342. The first kappa shape index (κ1) is 19.4. The molecule has 0 fully saturated rings. The van der Waals surface area contributed by atoms with Crippen molar-refractivity contribution >= 4 is 28.8 Å². The summed E-state index contributed by atoms with van der Waals surface area (Å²) >= 11 is 0. The zero-order valence-electron chi connectivity index (χ0n) is 16.5. The molecule has 0 spiro atoms. The Bertz CT molecular complexity index is 880. The van der Waals surface area contributed by atoms with Gasteiger partial charge < -0.3 is 20.3 Å². The quantitative estimate of drug-likeness (QED) is 0.563. The summed E-state index contributed by atoms with van der Waals surface area (Å²) in [6.45, 7) is 8.81. The van der Waals surface area contributed by atoms with E-state index >= 15 is 0 Å². The fraction of sp³-hybridized carbons (Fsp3) is 0.286. The van der Waals surface area contributed by atoms with Gasteiger partial charge in [-0.2, -0.15) is 10.1 Å². The van der Waals surface area contributed by atoms with Gasteiger partial charge in [0.1, 0.15) is 5.75 Å². The molecule has 0 aliphatic carbocycles. The summed E-state index contributed by atoms with van der Waals surface area (Å²) in [6.07, 6.45) is 1.60. The van der Waals surface area contributed by atoms with Gasteiger partial charge in [0.15, 0.2) is 5.82 Å². The molecule has 146 valence electrons. The Hall–Kier alpha value is -3.35. The summed E-state index contributed by atoms with van der Waals surface area (Å²) in [5.74, 6) is 1.76. The molecule has 0 radical (unpaired) electrons. The molecule has 0 atom stereocenters. The van der Waals surface area contributed by atoms with E-state index in [4.69, 9.17) is 4.74 Å². The van der Waals surface area contributed by atoms with E-state index in [0.717, 1.165) is 30.2 Å². The van der Waals surface area contributed by atoms with Crippen molar-refractivity contribution in [3.63, 3.8) is 0 Å². The summed E-state index contributed by atoms with van der Waals surface area (Å²) in [7, 11) is 0. The minimum absolute atomic E-state index is 0.400. The maximum atomic E-state index is 5.63. The van der Waals surface area contributed by atoms with Gasteiger partial charge in [0.05, 0.1) is 18.5 Å². The van der Waals surface area contributed by atoms with E-state index in [1.54, 1.807) is 6.20 Å². The van der Waals surface area contributed by atoms with Crippen LogP contribution in [-0.4, -0.2) is 34.9 Å².